The van der Waals surface area contributed by atoms with Crippen LogP contribution in [0.4, 0.5) is 0 Å². The molecule has 4 heteroatoms. The number of nitrogens with zero attached hydrogens (tertiary/aromatic N) is 1. The Labute approximate surface area is 106 Å². The second kappa shape index (κ2) is 8.03. The fraction of sp³-hybridized carbons (Fsp3) is 1.00. The van der Waals surface area contributed by atoms with Crippen molar-refractivity contribution in [1.29, 1.82) is 0 Å². The average molecular weight is 244 g/mol. The van der Waals surface area contributed by atoms with Gasteiger partial charge in [-0.3, -0.25) is 4.90 Å². The Balaban J connectivity index is 2.38. The van der Waals surface area contributed by atoms with Gasteiger partial charge in [0.25, 0.3) is 0 Å². The van der Waals surface area contributed by atoms with Crippen LogP contribution in [0.1, 0.15) is 19.8 Å². The smallest absolute Gasteiger partial charge is 0.0589 e. The van der Waals surface area contributed by atoms with E-state index in [2.05, 4.69) is 17.1 Å². The van der Waals surface area contributed by atoms with Crippen LogP contribution in [0.3, 0.4) is 0 Å². The fourth-order valence-corrected chi connectivity index (χ4v) is 2.50. The lowest BCUT2D eigenvalue weighted by Crippen LogP contribution is -2.47. The van der Waals surface area contributed by atoms with E-state index in [-0.39, 0.29) is 0 Å². The Morgan fingerprint density at radius 2 is 1.82 bits per heavy atom. The first-order valence-corrected chi connectivity index (χ1v) is 6.61. The maximum Gasteiger partial charge on any atom is 0.0589 e. The van der Waals surface area contributed by atoms with Gasteiger partial charge in [-0.25, -0.2) is 0 Å². The molecule has 4 nitrogen and oxygen atoms in total. The zero-order chi connectivity index (χ0) is 12.6. The summed E-state index contributed by atoms with van der Waals surface area (Å²) in [6.45, 7) is 9.40. The van der Waals surface area contributed by atoms with Crippen molar-refractivity contribution in [3.63, 3.8) is 0 Å². The van der Waals surface area contributed by atoms with Crippen LogP contribution >= 0.6 is 0 Å². The van der Waals surface area contributed by atoms with Gasteiger partial charge in [0.15, 0.2) is 0 Å². The summed E-state index contributed by atoms with van der Waals surface area (Å²) in [4.78, 5) is 2.46. The second-order valence-corrected chi connectivity index (χ2v) is 5.35. The van der Waals surface area contributed by atoms with E-state index in [1.165, 1.54) is 19.4 Å². The van der Waals surface area contributed by atoms with Crippen molar-refractivity contribution >= 4 is 0 Å². The Bertz CT molecular complexity index is 186. The van der Waals surface area contributed by atoms with Gasteiger partial charge in [-0.15, -0.1) is 0 Å². The van der Waals surface area contributed by atoms with Crippen molar-refractivity contribution in [3.05, 3.63) is 0 Å². The van der Waals surface area contributed by atoms with E-state index in [0.29, 0.717) is 5.41 Å². The third-order valence-corrected chi connectivity index (χ3v) is 3.51. The topological polar surface area (TPSA) is 33.7 Å². The van der Waals surface area contributed by atoms with Gasteiger partial charge in [0.05, 0.1) is 13.2 Å². The Kier molecular flexibility index (Phi) is 7.04. The van der Waals surface area contributed by atoms with Crippen LogP contribution in [0.2, 0.25) is 0 Å². The van der Waals surface area contributed by atoms with Crippen LogP contribution in [-0.2, 0) is 9.47 Å². The quantitative estimate of drug-likeness (QED) is 0.690. The number of ether oxygens (including phenoxy) is 2. The van der Waals surface area contributed by atoms with E-state index in [9.17, 15) is 0 Å². The molecule has 1 heterocycles. The van der Waals surface area contributed by atoms with Gasteiger partial charge in [0, 0.05) is 40.4 Å². The summed E-state index contributed by atoms with van der Waals surface area (Å²) >= 11 is 0. The summed E-state index contributed by atoms with van der Waals surface area (Å²) in [6, 6.07) is 0. The number of piperidine rings is 1. The number of rotatable bonds is 8. The molecule has 102 valence electrons. The molecule has 17 heavy (non-hydrogen) atoms. The monoisotopic (exact) mass is 244 g/mol. The highest BCUT2D eigenvalue weighted by Crippen LogP contribution is 2.26. The van der Waals surface area contributed by atoms with Crippen molar-refractivity contribution in [2.24, 2.45) is 5.41 Å². The first kappa shape index (κ1) is 14.9. The predicted octanol–water partition coefficient (Wildman–Crippen LogP) is 0.971. The van der Waals surface area contributed by atoms with Gasteiger partial charge >= 0.3 is 0 Å². The van der Waals surface area contributed by atoms with E-state index in [0.717, 1.165) is 39.4 Å². The molecule has 0 saturated carbocycles. The molecule has 0 aromatic rings. The molecule has 0 spiro atoms. The fourth-order valence-electron chi connectivity index (χ4n) is 2.50. The minimum atomic E-state index is 0.403. The third-order valence-electron chi connectivity index (χ3n) is 3.51. The molecule has 1 fully saturated rings. The largest absolute Gasteiger partial charge is 0.383 e. The summed E-state index contributed by atoms with van der Waals surface area (Å²) < 4.78 is 10.4. The Morgan fingerprint density at radius 1 is 1.18 bits per heavy atom. The van der Waals surface area contributed by atoms with Crippen molar-refractivity contribution < 1.29 is 9.47 Å². The molecule has 1 N–H and O–H groups in total. The molecule has 1 aliphatic rings. The molecular weight excluding hydrogens is 216 g/mol. The SMILES string of the molecule is COCCN(CCOC)CC1(C)CCCNC1. The van der Waals surface area contributed by atoms with Crippen LogP contribution in [0, 0.1) is 5.41 Å². The zero-order valence-electron chi connectivity index (χ0n) is 11.6. The van der Waals surface area contributed by atoms with Gasteiger partial charge in [-0.2, -0.15) is 0 Å². The molecule has 1 saturated heterocycles. The predicted molar refractivity (Wildman–Crippen MR) is 70.4 cm³/mol. The standard InChI is InChI=1S/C13H28N2O2/c1-13(5-4-6-14-11-13)12-15(7-9-16-2)8-10-17-3/h14H,4-12H2,1-3H3. The van der Waals surface area contributed by atoms with Crippen LogP contribution in [-0.4, -0.2) is 65.1 Å². The maximum atomic E-state index is 5.18. The average Bonchev–Trinajstić information content (AvgIpc) is 2.33. The first-order valence-electron chi connectivity index (χ1n) is 6.61. The maximum absolute atomic E-state index is 5.18. The molecule has 0 radical (unpaired) electrons. The van der Waals surface area contributed by atoms with Crippen molar-refractivity contribution in [2.45, 2.75) is 19.8 Å². The minimum absolute atomic E-state index is 0.403. The van der Waals surface area contributed by atoms with Crippen LogP contribution in [0.15, 0.2) is 0 Å². The summed E-state index contributed by atoms with van der Waals surface area (Å²) in [7, 11) is 3.52. The number of hydrogen-bond donors (Lipinski definition) is 1. The summed E-state index contributed by atoms with van der Waals surface area (Å²) in [5.74, 6) is 0. The molecule has 0 aromatic heterocycles. The van der Waals surface area contributed by atoms with Crippen LogP contribution < -0.4 is 5.32 Å². The van der Waals surface area contributed by atoms with E-state index >= 15 is 0 Å². The molecule has 0 aliphatic carbocycles. The molecular formula is C13H28N2O2. The molecule has 0 bridgehead atoms. The minimum Gasteiger partial charge on any atom is -0.383 e. The Morgan fingerprint density at radius 3 is 2.29 bits per heavy atom. The number of hydrogen-bond acceptors (Lipinski definition) is 4. The van der Waals surface area contributed by atoms with Crippen LogP contribution in [0.5, 0.6) is 0 Å². The lowest BCUT2D eigenvalue weighted by Gasteiger charge is -2.38. The van der Waals surface area contributed by atoms with E-state index in [4.69, 9.17) is 9.47 Å². The van der Waals surface area contributed by atoms with Gasteiger partial charge in [-0.1, -0.05) is 6.92 Å². The summed E-state index contributed by atoms with van der Waals surface area (Å²) in [5, 5.41) is 3.50. The van der Waals surface area contributed by atoms with Crippen molar-refractivity contribution in [1.82, 2.24) is 10.2 Å². The van der Waals surface area contributed by atoms with Gasteiger partial charge in [0.1, 0.15) is 0 Å². The van der Waals surface area contributed by atoms with Gasteiger partial charge < -0.3 is 14.8 Å². The zero-order valence-corrected chi connectivity index (χ0v) is 11.6. The van der Waals surface area contributed by atoms with E-state index in [1.54, 1.807) is 14.2 Å². The summed E-state index contributed by atoms with van der Waals surface area (Å²) in [5.41, 5.74) is 0.403. The van der Waals surface area contributed by atoms with Gasteiger partial charge in [-0.05, 0) is 24.8 Å². The summed E-state index contributed by atoms with van der Waals surface area (Å²) in [6.07, 6.45) is 2.61. The first-order chi connectivity index (χ1) is 8.20. The van der Waals surface area contributed by atoms with Gasteiger partial charge in [0.2, 0.25) is 0 Å². The number of nitrogens with one attached hydrogen (secondary N) is 1. The van der Waals surface area contributed by atoms with E-state index < -0.39 is 0 Å². The highest BCUT2D eigenvalue weighted by molar-refractivity contribution is 4.84. The third kappa shape index (κ3) is 5.82. The number of methoxy groups -OCH3 is 2. The molecule has 1 aliphatic heterocycles. The molecule has 1 atom stereocenters. The second-order valence-electron chi connectivity index (χ2n) is 5.35. The lowest BCUT2D eigenvalue weighted by atomic mass is 9.82. The van der Waals surface area contributed by atoms with Crippen LogP contribution in [0.25, 0.3) is 0 Å². The van der Waals surface area contributed by atoms with Crippen molar-refractivity contribution in [2.75, 3.05) is 60.2 Å². The molecule has 1 rings (SSSR count). The van der Waals surface area contributed by atoms with Crippen molar-refractivity contribution in [3.8, 4) is 0 Å². The highest BCUT2D eigenvalue weighted by Gasteiger charge is 2.28. The normalized spacial score (nSPS) is 25.4. The molecule has 0 aromatic carbocycles. The molecule has 1 unspecified atom stereocenters. The Hall–Kier alpha value is -0.160. The highest BCUT2D eigenvalue weighted by atomic mass is 16.5. The lowest BCUT2D eigenvalue weighted by molar-refractivity contribution is 0.0744. The molecule has 0 amide bonds. The van der Waals surface area contributed by atoms with E-state index in [1.807, 2.05) is 0 Å².